The van der Waals surface area contributed by atoms with Gasteiger partial charge >= 0.3 is 5.97 Å². The minimum atomic E-state index is -2.85. The van der Waals surface area contributed by atoms with Crippen molar-refractivity contribution in [2.45, 2.75) is 25.8 Å². The first-order valence-electron chi connectivity index (χ1n) is 6.93. The van der Waals surface area contributed by atoms with Crippen molar-refractivity contribution in [3.8, 4) is 5.69 Å². The molecular weight excluding hydrogens is 344 g/mol. The van der Waals surface area contributed by atoms with Gasteiger partial charge in [-0.15, -0.1) is 0 Å². The lowest BCUT2D eigenvalue weighted by molar-refractivity contribution is -0.140. The summed E-state index contributed by atoms with van der Waals surface area (Å²) in [6.07, 6.45) is -3.83. The zero-order valence-corrected chi connectivity index (χ0v) is 13.3. The van der Waals surface area contributed by atoms with Crippen LogP contribution in [0.1, 0.15) is 22.6 Å². The van der Waals surface area contributed by atoms with Gasteiger partial charge in [0, 0.05) is 12.1 Å². The van der Waals surface area contributed by atoms with Crippen LogP contribution in [0.15, 0.2) is 30.3 Å². The van der Waals surface area contributed by atoms with Crippen molar-refractivity contribution in [1.82, 2.24) is 15.1 Å². The number of carboxylic acids is 1. The largest absolute Gasteiger partial charge is 0.480 e. The van der Waals surface area contributed by atoms with E-state index in [4.69, 9.17) is 16.7 Å². The van der Waals surface area contributed by atoms with Gasteiger partial charge in [0.15, 0.2) is 5.69 Å². The van der Waals surface area contributed by atoms with Gasteiger partial charge in [-0.1, -0.05) is 23.7 Å². The van der Waals surface area contributed by atoms with Crippen molar-refractivity contribution < 1.29 is 23.5 Å². The van der Waals surface area contributed by atoms with Crippen LogP contribution in [0.25, 0.3) is 5.69 Å². The van der Waals surface area contributed by atoms with Crippen molar-refractivity contribution in [3.63, 3.8) is 0 Å². The van der Waals surface area contributed by atoms with E-state index in [2.05, 4.69) is 5.10 Å². The Morgan fingerprint density at radius 1 is 1.38 bits per heavy atom. The molecule has 128 valence electrons. The first-order valence-corrected chi connectivity index (χ1v) is 7.30. The van der Waals surface area contributed by atoms with Crippen LogP contribution in [0.3, 0.4) is 0 Å². The highest BCUT2D eigenvalue weighted by molar-refractivity contribution is 6.32. The van der Waals surface area contributed by atoms with E-state index >= 15 is 0 Å². The Morgan fingerprint density at radius 2 is 2.04 bits per heavy atom. The second-order valence-electron chi connectivity index (χ2n) is 5.03. The third-order valence-electron chi connectivity index (χ3n) is 3.22. The van der Waals surface area contributed by atoms with Crippen LogP contribution < -0.4 is 5.32 Å². The monoisotopic (exact) mass is 357 g/mol. The Morgan fingerprint density at radius 3 is 2.62 bits per heavy atom. The Hall–Kier alpha value is -2.48. The molecule has 1 amide bonds. The fourth-order valence-electron chi connectivity index (χ4n) is 2.08. The van der Waals surface area contributed by atoms with Crippen LogP contribution in [0.4, 0.5) is 8.78 Å². The molecule has 6 nitrogen and oxygen atoms in total. The maximum absolute atomic E-state index is 12.4. The Kier molecular flexibility index (Phi) is 5.50. The Bertz CT molecular complexity index is 764. The molecule has 1 aromatic carbocycles. The van der Waals surface area contributed by atoms with E-state index in [0.29, 0.717) is 16.4 Å². The molecule has 1 aromatic heterocycles. The molecule has 2 N–H and O–H groups in total. The van der Waals surface area contributed by atoms with Gasteiger partial charge in [0.25, 0.3) is 5.91 Å². The molecule has 0 aliphatic carbocycles. The molecule has 0 fully saturated rings. The molecule has 0 aliphatic rings. The summed E-state index contributed by atoms with van der Waals surface area (Å²) in [6, 6.07) is 6.55. The predicted molar refractivity (Wildman–Crippen MR) is 82.8 cm³/mol. The number of carbonyl (C=O) groups is 2. The predicted octanol–water partition coefficient (Wildman–Crippen LogP) is 2.67. The number of para-hydroxylation sites is 1. The molecule has 1 atom stereocenters. The van der Waals surface area contributed by atoms with Crippen LogP contribution in [0.2, 0.25) is 5.02 Å². The summed E-state index contributed by atoms with van der Waals surface area (Å²) in [6.45, 7) is 1.68. The number of alkyl halides is 2. The zero-order valence-electron chi connectivity index (χ0n) is 12.5. The molecule has 0 bridgehead atoms. The third-order valence-corrected chi connectivity index (χ3v) is 3.54. The quantitative estimate of drug-likeness (QED) is 0.832. The second kappa shape index (κ2) is 7.39. The molecule has 0 aliphatic heterocycles. The number of hydrogen-bond acceptors (Lipinski definition) is 3. The number of halogens is 3. The smallest absolute Gasteiger partial charge is 0.326 e. The molecule has 0 spiro atoms. The first kappa shape index (κ1) is 17.9. The average Bonchev–Trinajstić information content (AvgIpc) is 2.88. The van der Waals surface area contributed by atoms with Gasteiger partial charge in [0.05, 0.1) is 10.7 Å². The number of nitrogens with zero attached hydrogens (tertiary/aromatic N) is 2. The third kappa shape index (κ3) is 4.08. The molecule has 0 radical (unpaired) electrons. The van der Waals surface area contributed by atoms with Crippen LogP contribution in [0, 0.1) is 6.92 Å². The lowest BCUT2D eigenvalue weighted by Gasteiger charge is -2.12. The maximum Gasteiger partial charge on any atom is 0.326 e. The lowest BCUT2D eigenvalue weighted by atomic mass is 10.2. The molecule has 24 heavy (non-hydrogen) atoms. The number of benzene rings is 1. The number of carbonyl (C=O) groups excluding carboxylic acids is 1. The molecule has 2 aromatic rings. The highest BCUT2D eigenvalue weighted by Crippen LogP contribution is 2.21. The van der Waals surface area contributed by atoms with Gasteiger partial charge in [-0.05, 0) is 25.1 Å². The molecule has 9 heteroatoms. The number of hydrogen-bond donors (Lipinski definition) is 2. The van der Waals surface area contributed by atoms with Gasteiger partial charge in [0.2, 0.25) is 6.43 Å². The van der Waals surface area contributed by atoms with E-state index in [1.807, 2.05) is 5.32 Å². The minimum Gasteiger partial charge on any atom is -0.480 e. The van der Waals surface area contributed by atoms with Gasteiger partial charge in [-0.3, -0.25) is 4.79 Å². The molecule has 2 rings (SSSR count). The Balaban J connectivity index is 2.24. The van der Waals surface area contributed by atoms with E-state index in [-0.39, 0.29) is 5.69 Å². The van der Waals surface area contributed by atoms with Crippen LogP contribution in [-0.4, -0.2) is 39.2 Å². The van der Waals surface area contributed by atoms with Crippen molar-refractivity contribution in [2.75, 3.05) is 0 Å². The number of rotatable bonds is 6. The van der Waals surface area contributed by atoms with E-state index in [1.54, 1.807) is 31.2 Å². The van der Waals surface area contributed by atoms with Crippen molar-refractivity contribution in [3.05, 3.63) is 46.7 Å². The summed E-state index contributed by atoms with van der Waals surface area (Å²) in [5, 5.41) is 15.4. The first-order chi connectivity index (χ1) is 11.3. The molecule has 1 unspecified atom stereocenters. The number of nitrogens with one attached hydrogen (secondary N) is 1. The normalized spacial score (nSPS) is 12.2. The highest BCUT2D eigenvalue weighted by atomic mass is 35.5. The van der Waals surface area contributed by atoms with Crippen LogP contribution >= 0.6 is 11.6 Å². The van der Waals surface area contributed by atoms with Gasteiger partial charge in [-0.25, -0.2) is 18.3 Å². The lowest BCUT2D eigenvalue weighted by Crippen LogP contribution is -2.42. The number of carboxylic acid groups (broad SMARTS) is 1. The Labute approximate surface area is 141 Å². The van der Waals surface area contributed by atoms with Gasteiger partial charge in [0.1, 0.15) is 6.04 Å². The summed E-state index contributed by atoms with van der Waals surface area (Å²) >= 11 is 6.08. The van der Waals surface area contributed by atoms with Gasteiger partial charge < -0.3 is 10.4 Å². The zero-order chi connectivity index (χ0) is 17.9. The fraction of sp³-hybridized carbons (Fsp3) is 0.267. The number of aliphatic carboxylic acids is 1. The second-order valence-corrected chi connectivity index (χ2v) is 5.43. The van der Waals surface area contributed by atoms with E-state index in [1.165, 1.54) is 10.7 Å². The summed E-state index contributed by atoms with van der Waals surface area (Å²) in [4.78, 5) is 23.0. The van der Waals surface area contributed by atoms with Crippen LogP contribution in [-0.2, 0) is 4.79 Å². The average molecular weight is 358 g/mol. The topological polar surface area (TPSA) is 84.2 Å². The molecular formula is C15H14ClF2N3O3. The van der Waals surface area contributed by atoms with Crippen molar-refractivity contribution in [1.29, 1.82) is 0 Å². The summed E-state index contributed by atoms with van der Waals surface area (Å²) < 4.78 is 26.2. The highest BCUT2D eigenvalue weighted by Gasteiger charge is 2.26. The van der Waals surface area contributed by atoms with Crippen molar-refractivity contribution >= 4 is 23.5 Å². The van der Waals surface area contributed by atoms with E-state index in [0.717, 1.165) is 0 Å². The number of aryl methyl sites for hydroxylation is 1. The summed E-state index contributed by atoms with van der Waals surface area (Å²) in [5.41, 5.74) is 1.03. The van der Waals surface area contributed by atoms with Crippen molar-refractivity contribution in [2.24, 2.45) is 0 Å². The standard InChI is InChI=1S/C15H14ClF2N3O3/c1-8-6-10(14(22)19-11(15(23)24)7-13(17)18)20-21(8)12-5-3-2-4-9(12)16/h2-6,11,13H,7H2,1H3,(H,19,22)(H,23,24). The molecule has 0 saturated heterocycles. The van der Waals surface area contributed by atoms with E-state index < -0.39 is 30.8 Å². The summed E-state index contributed by atoms with van der Waals surface area (Å²) in [7, 11) is 0. The fourth-order valence-corrected chi connectivity index (χ4v) is 2.30. The summed E-state index contributed by atoms with van der Waals surface area (Å²) in [5.74, 6) is -2.39. The minimum absolute atomic E-state index is 0.0899. The SMILES string of the molecule is Cc1cc(C(=O)NC(CC(F)F)C(=O)O)nn1-c1ccccc1Cl. The van der Waals surface area contributed by atoms with Crippen LogP contribution in [0.5, 0.6) is 0 Å². The molecule has 0 saturated carbocycles. The maximum atomic E-state index is 12.4. The van der Waals surface area contributed by atoms with Gasteiger partial charge in [-0.2, -0.15) is 5.10 Å². The molecule has 1 heterocycles. The number of aromatic nitrogens is 2. The van der Waals surface area contributed by atoms with E-state index in [9.17, 15) is 18.4 Å². The number of amides is 1.